The van der Waals surface area contributed by atoms with Crippen LogP contribution in [0.25, 0.3) is 0 Å². The SMILES string of the molecule is COc1c(C)c(C)c(Br)c(C)c1C(O)CSC. The first-order valence-corrected chi connectivity index (χ1v) is 7.64. The predicted octanol–water partition coefficient (Wildman–Crippen LogP) is 3.78. The Labute approximate surface area is 116 Å². The van der Waals surface area contributed by atoms with Gasteiger partial charge >= 0.3 is 0 Å². The maximum atomic E-state index is 10.2. The minimum atomic E-state index is -0.490. The Kier molecular flexibility index (Phi) is 5.35. The molecule has 0 aliphatic heterocycles. The van der Waals surface area contributed by atoms with Crippen molar-refractivity contribution in [2.45, 2.75) is 26.9 Å². The van der Waals surface area contributed by atoms with Crippen molar-refractivity contribution >= 4 is 27.7 Å². The second kappa shape index (κ2) is 6.12. The standard InChI is InChI=1S/C13H19BrO2S/c1-7-8(2)13(16-4)11(9(3)12(7)14)10(15)6-17-5/h10,15H,6H2,1-5H3. The minimum Gasteiger partial charge on any atom is -0.496 e. The highest BCUT2D eigenvalue weighted by atomic mass is 79.9. The van der Waals surface area contributed by atoms with Gasteiger partial charge < -0.3 is 9.84 Å². The normalized spacial score (nSPS) is 12.6. The lowest BCUT2D eigenvalue weighted by molar-refractivity contribution is 0.198. The highest BCUT2D eigenvalue weighted by Gasteiger charge is 2.21. The van der Waals surface area contributed by atoms with Crippen LogP contribution >= 0.6 is 27.7 Å². The van der Waals surface area contributed by atoms with Crippen molar-refractivity contribution in [3.63, 3.8) is 0 Å². The van der Waals surface area contributed by atoms with E-state index in [1.54, 1.807) is 18.9 Å². The zero-order chi connectivity index (χ0) is 13.2. The molecule has 0 aliphatic rings. The molecule has 1 unspecified atom stereocenters. The summed E-state index contributed by atoms with van der Waals surface area (Å²) in [4.78, 5) is 0. The van der Waals surface area contributed by atoms with Crippen LogP contribution in [0.4, 0.5) is 0 Å². The molecule has 0 saturated heterocycles. The minimum absolute atomic E-state index is 0.490. The second-order valence-electron chi connectivity index (χ2n) is 4.11. The summed E-state index contributed by atoms with van der Waals surface area (Å²) in [5, 5.41) is 10.2. The molecule has 4 heteroatoms. The third kappa shape index (κ3) is 2.80. The molecule has 0 saturated carbocycles. The Morgan fingerprint density at radius 2 is 1.82 bits per heavy atom. The van der Waals surface area contributed by atoms with Crippen LogP contribution in [0.5, 0.6) is 5.75 Å². The van der Waals surface area contributed by atoms with Gasteiger partial charge in [0, 0.05) is 15.8 Å². The Bertz CT molecular complexity index is 419. The molecule has 1 aromatic carbocycles. The molecule has 0 spiro atoms. The van der Waals surface area contributed by atoms with Crippen molar-refractivity contribution in [1.29, 1.82) is 0 Å². The number of halogens is 1. The molecule has 2 nitrogen and oxygen atoms in total. The van der Waals surface area contributed by atoms with Crippen molar-refractivity contribution in [3.05, 3.63) is 26.7 Å². The summed E-state index contributed by atoms with van der Waals surface area (Å²) < 4.78 is 6.53. The maximum Gasteiger partial charge on any atom is 0.128 e. The molecule has 17 heavy (non-hydrogen) atoms. The van der Waals surface area contributed by atoms with Crippen molar-refractivity contribution in [2.75, 3.05) is 19.1 Å². The summed E-state index contributed by atoms with van der Waals surface area (Å²) in [5.41, 5.74) is 4.21. The van der Waals surface area contributed by atoms with E-state index in [2.05, 4.69) is 22.9 Å². The number of benzene rings is 1. The number of hydrogen-bond acceptors (Lipinski definition) is 3. The van der Waals surface area contributed by atoms with Gasteiger partial charge in [-0.05, 0) is 43.7 Å². The van der Waals surface area contributed by atoms with Crippen LogP contribution < -0.4 is 4.74 Å². The number of aliphatic hydroxyl groups is 1. The van der Waals surface area contributed by atoms with E-state index >= 15 is 0 Å². The number of methoxy groups -OCH3 is 1. The largest absolute Gasteiger partial charge is 0.496 e. The van der Waals surface area contributed by atoms with Gasteiger partial charge in [-0.25, -0.2) is 0 Å². The van der Waals surface area contributed by atoms with Crippen molar-refractivity contribution in [1.82, 2.24) is 0 Å². The Morgan fingerprint density at radius 1 is 1.24 bits per heavy atom. The van der Waals surface area contributed by atoms with Gasteiger partial charge in [0.15, 0.2) is 0 Å². The molecule has 0 heterocycles. The third-order valence-electron chi connectivity index (χ3n) is 3.07. The van der Waals surface area contributed by atoms with E-state index in [0.717, 1.165) is 26.9 Å². The van der Waals surface area contributed by atoms with Crippen LogP contribution in [0.2, 0.25) is 0 Å². The first-order valence-electron chi connectivity index (χ1n) is 5.45. The van der Waals surface area contributed by atoms with Gasteiger partial charge in [-0.15, -0.1) is 0 Å². The highest BCUT2D eigenvalue weighted by Crippen LogP contribution is 2.39. The van der Waals surface area contributed by atoms with E-state index < -0.39 is 6.10 Å². The molecule has 1 aromatic rings. The van der Waals surface area contributed by atoms with Crippen LogP contribution in [-0.2, 0) is 0 Å². The third-order valence-corrected chi connectivity index (χ3v) is 4.91. The molecular weight excluding hydrogens is 300 g/mol. The molecule has 0 radical (unpaired) electrons. The Hall–Kier alpha value is -0.190. The van der Waals surface area contributed by atoms with Crippen LogP contribution in [-0.4, -0.2) is 24.2 Å². The second-order valence-corrected chi connectivity index (χ2v) is 5.81. The van der Waals surface area contributed by atoms with E-state index in [1.165, 1.54) is 5.56 Å². The Morgan fingerprint density at radius 3 is 2.29 bits per heavy atom. The van der Waals surface area contributed by atoms with Crippen LogP contribution in [0.1, 0.15) is 28.4 Å². The molecule has 0 fully saturated rings. The lowest BCUT2D eigenvalue weighted by Crippen LogP contribution is -2.08. The van der Waals surface area contributed by atoms with Crippen LogP contribution in [0.15, 0.2) is 4.47 Å². The summed E-state index contributed by atoms with van der Waals surface area (Å²) in [6.45, 7) is 6.09. The monoisotopic (exact) mass is 318 g/mol. The summed E-state index contributed by atoms with van der Waals surface area (Å²) >= 11 is 5.22. The molecule has 0 bridgehead atoms. The summed E-state index contributed by atoms with van der Waals surface area (Å²) in [6, 6.07) is 0. The molecule has 1 N–H and O–H groups in total. The zero-order valence-electron chi connectivity index (χ0n) is 10.9. The fourth-order valence-electron chi connectivity index (χ4n) is 2.01. The van der Waals surface area contributed by atoms with Crippen molar-refractivity contribution in [2.24, 2.45) is 0 Å². The molecule has 1 atom stereocenters. The van der Waals surface area contributed by atoms with Crippen molar-refractivity contribution < 1.29 is 9.84 Å². The van der Waals surface area contributed by atoms with Gasteiger partial charge in [0.2, 0.25) is 0 Å². The van der Waals surface area contributed by atoms with Crippen LogP contribution in [0.3, 0.4) is 0 Å². The molecule has 96 valence electrons. The number of rotatable bonds is 4. The summed E-state index contributed by atoms with van der Waals surface area (Å²) in [5.74, 6) is 1.48. The quantitative estimate of drug-likeness (QED) is 0.916. The van der Waals surface area contributed by atoms with Gasteiger partial charge in [-0.3, -0.25) is 0 Å². The summed E-state index contributed by atoms with van der Waals surface area (Å²) in [6.07, 6.45) is 1.50. The van der Waals surface area contributed by atoms with E-state index in [1.807, 2.05) is 20.1 Å². The highest BCUT2D eigenvalue weighted by molar-refractivity contribution is 9.10. The Balaban J connectivity index is 3.46. The molecule has 0 aromatic heterocycles. The van der Waals surface area contributed by atoms with Crippen LogP contribution in [0, 0.1) is 20.8 Å². The van der Waals surface area contributed by atoms with Crippen molar-refractivity contribution in [3.8, 4) is 5.75 Å². The lowest BCUT2D eigenvalue weighted by Gasteiger charge is -2.22. The van der Waals surface area contributed by atoms with E-state index in [-0.39, 0.29) is 0 Å². The first-order chi connectivity index (χ1) is 7.95. The predicted molar refractivity (Wildman–Crippen MR) is 78.2 cm³/mol. The zero-order valence-corrected chi connectivity index (χ0v) is 13.3. The molecular formula is C13H19BrO2S. The number of hydrogen-bond donors (Lipinski definition) is 1. The fraction of sp³-hybridized carbons (Fsp3) is 0.538. The topological polar surface area (TPSA) is 29.5 Å². The van der Waals surface area contributed by atoms with Gasteiger partial charge in [-0.1, -0.05) is 15.9 Å². The van der Waals surface area contributed by atoms with Gasteiger partial charge in [0.1, 0.15) is 5.75 Å². The smallest absolute Gasteiger partial charge is 0.128 e. The lowest BCUT2D eigenvalue weighted by atomic mass is 9.96. The van der Waals surface area contributed by atoms with E-state index in [0.29, 0.717) is 5.75 Å². The van der Waals surface area contributed by atoms with Gasteiger partial charge in [-0.2, -0.15) is 11.8 Å². The number of aliphatic hydroxyl groups excluding tert-OH is 1. The average molecular weight is 319 g/mol. The number of thioether (sulfide) groups is 1. The molecule has 0 aliphatic carbocycles. The maximum absolute atomic E-state index is 10.2. The van der Waals surface area contributed by atoms with Gasteiger partial charge in [0.25, 0.3) is 0 Å². The first kappa shape index (κ1) is 14.9. The molecule has 1 rings (SSSR count). The average Bonchev–Trinajstić information content (AvgIpc) is 2.31. The summed E-state index contributed by atoms with van der Waals surface area (Å²) in [7, 11) is 1.66. The van der Waals surface area contributed by atoms with Gasteiger partial charge in [0.05, 0.1) is 13.2 Å². The van der Waals surface area contributed by atoms with E-state index in [4.69, 9.17) is 4.74 Å². The molecule has 0 amide bonds. The number of ether oxygens (including phenoxy) is 1. The fourth-order valence-corrected chi connectivity index (χ4v) is 3.01. The van der Waals surface area contributed by atoms with E-state index in [9.17, 15) is 5.11 Å².